The van der Waals surface area contributed by atoms with Gasteiger partial charge in [0.1, 0.15) is 11.3 Å². The molecule has 0 N–H and O–H groups in total. The molecule has 0 unspecified atom stereocenters. The number of methoxy groups -OCH3 is 2. The van der Waals surface area contributed by atoms with Crippen molar-refractivity contribution in [2.45, 2.75) is 45.1 Å². The second-order valence-electron chi connectivity index (χ2n) is 6.38. The van der Waals surface area contributed by atoms with E-state index in [9.17, 15) is 4.79 Å². The Bertz CT molecular complexity index is 495. The smallest absolute Gasteiger partial charge is 0.216 e. The lowest BCUT2D eigenvalue weighted by Gasteiger charge is -2.41. The van der Waals surface area contributed by atoms with E-state index in [-0.39, 0.29) is 11.2 Å². The molecule has 0 amide bonds. The summed E-state index contributed by atoms with van der Waals surface area (Å²) in [6, 6.07) is 0. The minimum atomic E-state index is -0.739. The van der Waals surface area contributed by atoms with Crippen molar-refractivity contribution >= 4 is 5.78 Å². The summed E-state index contributed by atoms with van der Waals surface area (Å²) < 4.78 is 12.5. The molecule has 1 heterocycles. The molecule has 1 fully saturated rings. The molecular formula is C15H24N2O3. The van der Waals surface area contributed by atoms with Gasteiger partial charge in [-0.3, -0.25) is 9.48 Å². The number of ether oxygens (including phenoxy) is 2. The lowest BCUT2D eigenvalue weighted by Crippen LogP contribution is -2.46. The number of rotatable bonds is 4. The average Bonchev–Trinajstić information content (AvgIpc) is 2.79. The molecule has 0 spiro atoms. The molecule has 1 aromatic heterocycles. The van der Waals surface area contributed by atoms with Crippen LogP contribution in [0.4, 0.5) is 0 Å². The van der Waals surface area contributed by atoms with E-state index in [1.807, 2.05) is 0 Å². The summed E-state index contributed by atoms with van der Waals surface area (Å²) in [4.78, 5) is 13.0. The van der Waals surface area contributed by atoms with Gasteiger partial charge in [0.15, 0.2) is 5.75 Å². The topological polar surface area (TPSA) is 53.4 Å². The maximum Gasteiger partial charge on any atom is 0.216 e. The van der Waals surface area contributed by atoms with E-state index >= 15 is 0 Å². The van der Waals surface area contributed by atoms with Crippen LogP contribution in [0.1, 0.15) is 50.0 Å². The van der Waals surface area contributed by atoms with Crippen LogP contribution in [0.15, 0.2) is 6.20 Å². The van der Waals surface area contributed by atoms with E-state index in [4.69, 9.17) is 9.47 Å². The van der Waals surface area contributed by atoms with Crippen LogP contribution in [0.5, 0.6) is 5.75 Å². The number of nitrogens with zero attached hydrogens (tertiary/aromatic N) is 2. The van der Waals surface area contributed by atoms with Crippen LogP contribution in [0, 0.1) is 5.41 Å². The van der Waals surface area contributed by atoms with Gasteiger partial charge in [0.2, 0.25) is 5.78 Å². The van der Waals surface area contributed by atoms with Crippen molar-refractivity contribution < 1.29 is 14.3 Å². The first-order chi connectivity index (χ1) is 9.35. The normalized spacial score (nSPS) is 20.6. The molecule has 0 radical (unpaired) electrons. The van der Waals surface area contributed by atoms with Gasteiger partial charge in [-0.2, -0.15) is 5.10 Å². The molecule has 1 saturated carbocycles. The number of ketones is 1. The molecular weight excluding hydrogens is 256 g/mol. The fourth-order valence-corrected chi connectivity index (χ4v) is 2.90. The van der Waals surface area contributed by atoms with E-state index in [0.29, 0.717) is 11.4 Å². The predicted molar refractivity (Wildman–Crippen MR) is 76.1 cm³/mol. The number of Topliss-reactive ketones (excluding diaryl/α,β-unsaturated/α-hetero) is 1. The SMILES string of the molecule is COc1cnn(C)c1C(=O)C1(OC)CCC(C)(C)CC1. The maximum atomic E-state index is 13.0. The Morgan fingerprint density at radius 1 is 1.25 bits per heavy atom. The molecule has 0 bridgehead atoms. The Morgan fingerprint density at radius 3 is 2.35 bits per heavy atom. The van der Waals surface area contributed by atoms with Crippen LogP contribution in [0.25, 0.3) is 0 Å². The average molecular weight is 280 g/mol. The number of carbonyl (C=O) groups excluding carboxylic acids is 1. The Morgan fingerprint density at radius 2 is 1.85 bits per heavy atom. The molecule has 0 aromatic carbocycles. The second kappa shape index (κ2) is 5.20. The highest BCUT2D eigenvalue weighted by atomic mass is 16.5. The molecule has 2 rings (SSSR count). The highest BCUT2D eigenvalue weighted by Gasteiger charge is 2.46. The first-order valence-corrected chi connectivity index (χ1v) is 7.01. The van der Waals surface area contributed by atoms with Gasteiger partial charge < -0.3 is 9.47 Å². The van der Waals surface area contributed by atoms with Crippen molar-refractivity contribution in [1.29, 1.82) is 0 Å². The quantitative estimate of drug-likeness (QED) is 0.795. The molecule has 20 heavy (non-hydrogen) atoms. The molecule has 1 aromatic rings. The van der Waals surface area contributed by atoms with E-state index < -0.39 is 5.60 Å². The van der Waals surface area contributed by atoms with Gasteiger partial charge in [-0.1, -0.05) is 13.8 Å². The number of hydrogen-bond acceptors (Lipinski definition) is 4. The summed E-state index contributed by atoms with van der Waals surface area (Å²) in [5.41, 5.74) is 0.0316. The number of carbonyl (C=O) groups is 1. The zero-order valence-corrected chi connectivity index (χ0v) is 13.0. The summed E-state index contributed by atoms with van der Waals surface area (Å²) in [5, 5.41) is 4.11. The van der Waals surface area contributed by atoms with Crippen molar-refractivity contribution in [2.75, 3.05) is 14.2 Å². The van der Waals surface area contributed by atoms with Gasteiger partial charge >= 0.3 is 0 Å². The third kappa shape index (κ3) is 2.46. The Labute approximate surface area is 120 Å². The van der Waals surface area contributed by atoms with E-state index in [1.165, 1.54) is 0 Å². The van der Waals surface area contributed by atoms with Crippen LogP contribution >= 0.6 is 0 Å². The molecule has 0 saturated heterocycles. The number of aromatic nitrogens is 2. The van der Waals surface area contributed by atoms with Crippen LogP contribution in [0.3, 0.4) is 0 Å². The van der Waals surface area contributed by atoms with Crippen molar-refractivity contribution in [3.8, 4) is 5.75 Å². The molecule has 5 heteroatoms. The van der Waals surface area contributed by atoms with Crippen LogP contribution < -0.4 is 4.74 Å². The largest absolute Gasteiger partial charge is 0.493 e. The maximum absolute atomic E-state index is 13.0. The molecule has 0 aliphatic heterocycles. The Hall–Kier alpha value is -1.36. The van der Waals surface area contributed by atoms with Gasteiger partial charge in [0.05, 0.1) is 13.3 Å². The van der Waals surface area contributed by atoms with E-state index in [1.54, 1.807) is 32.1 Å². The van der Waals surface area contributed by atoms with E-state index in [0.717, 1.165) is 25.7 Å². The minimum Gasteiger partial charge on any atom is -0.493 e. The lowest BCUT2D eigenvalue weighted by atomic mass is 9.69. The first kappa shape index (κ1) is 15.0. The molecule has 112 valence electrons. The van der Waals surface area contributed by atoms with Crippen LogP contribution in [0.2, 0.25) is 0 Å². The van der Waals surface area contributed by atoms with Gasteiger partial charge in [-0.05, 0) is 31.1 Å². The molecule has 5 nitrogen and oxygen atoms in total. The minimum absolute atomic E-state index is 0.0210. The lowest BCUT2D eigenvalue weighted by molar-refractivity contribution is -0.0389. The van der Waals surface area contributed by atoms with Crippen molar-refractivity contribution in [3.63, 3.8) is 0 Å². The van der Waals surface area contributed by atoms with Gasteiger partial charge in [0.25, 0.3) is 0 Å². The van der Waals surface area contributed by atoms with Gasteiger partial charge in [0, 0.05) is 14.2 Å². The van der Waals surface area contributed by atoms with Crippen LogP contribution in [-0.4, -0.2) is 35.4 Å². The summed E-state index contributed by atoms with van der Waals surface area (Å²) >= 11 is 0. The molecule has 1 aliphatic rings. The predicted octanol–water partition coefficient (Wildman–Crippen LogP) is 2.60. The Kier molecular flexibility index (Phi) is 3.91. The van der Waals surface area contributed by atoms with Crippen molar-refractivity contribution in [3.05, 3.63) is 11.9 Å². The highest BCUT2D eigenvalue weighted by Crippen LogP contribution is 2.43. The first-order valence-electron chi connectivity index (χ1n) is 7.01. The van der Waals surface area contributed by atoms with Crippen molar-refractivity contribution in [1.82, 2.24) is 9.78 Å². The number of aryl methyl sites for hydroxylation is 1. The summed E-state index contributed by atoms with van der Waals surface area (Å²) in [6.07, 6.45) is 5.01. The standard InChI is InChI=1S/C15H24N2O3/c1-14(2)6-8-15(20-5,9-7-14)13(18)12-11(19-4)10-16-17(12)3/h10H,6-9H2,1-5H3. The molecule has 1 aliphatic carbocycles. The van der Waals surface area contributed by atoms with Gasteiger partial charge in [-0.15, -0.1) is 0 Å². The summed E-state index contributed by atoms with van der Waals surface area (Å²) in [7, 11) is 4.93. The van der Waals surface area contributed by atoms with E-state index in [2.05, 4.69) is 18.9 Å². The third-order valence-electron chi connectivity index (χ3n) is 4.56. The summed E-state index contributed by atoms with van der Waals surface area (Å²) in [6.45, 7) is 4.48. The second-order valence-corrected chi connectivity index (χ2v) is 6.38. The highest BCUT2D eigenvalue weighted by molar-refractivity contribution is 6.03. The van der Waals surface area contributed by atoms with Crippen molar-refractivity contribution in [2.24, 2.45) is 12.5 Å². The fraction of sp³-hybridized carbons (Fsp3) is 0.733. The zero-order valence-electron chi connectivity index (χ0n) is 13.0. The Balaban J connectivity index is 2.33. The monoisotopic (exact) mass is 280 g/mol. The zero-order chi connectivity index (χ0) is 15.0. The third-order valence-corrected chi connectivity index (χ3v) is 4.56. The molecule has 0 atom stereocenters. The number of hydrogen-bond donors (Lipinski definition) is 0. The summed E-state index contributed by atoms with van der Waals surface area (Å²) in [5.74, 6) is 0.492. The van der Waals surface area contributed by atoms with Gasteiger partial charge in [-0.25, -0.2) is 0 Å². The van der Waals surface area contributed by atoms with Crippen LogP contribution in [-0.2, 0) is 11.8 Å². The fourth-order valence-electron chi connectivity index (χ4n) is 2.90.